The zero-order chi connectivity index (χ0) is 20.4. The third-order valence-electron chi connectivity index (χ3n) is 3.32. The van der Waals surface area contributed by atoms with Crippen molar-refractivity contribution in [1.29, 1.82) is 0 Å². The van der Waals surface area contributed by atoms with Gasteiger partial charge in [-0.25, -0.2) is 5.43 Å². The van der Waals surface area contributed by atoms with Gasteiger partial charge < -0.3 is 18.9 Å². The summed E-state index contributed by atoms with van der Waals surface area (Å²) in [5, 5.41) is 3.80. The van der Waals surface area contributed by atoms with Crippen molar-refractivity contribution in [2.24, 2.45) is 5.10 Å². The lowest BCUT2D eigenvalue weighted by molar-refractivity contribution is -0.123. The average molecular weight is 394 g/mol. The topological polar surface area (TPSA) is 78.4 Å². The van der Waals surface area contributed by atoms with Gasteiger partial charge in [-0.15, -0.1) is 0 Å². The molecule has 0 saturated heterocycles. The zero-order valence-corrected chi connectivity index (χ0v) is 15.4. The molecule has 7 nitrogen and oxygen atoms in total. The summed E-state index contributed by atoms with van der Waals surface area (Å²) >= 11 is 0. The van der Waals surface area contributed by atoms with Crippen LogP contribution < -0.4 is 24.4 Å². The molecule has 1 amide bonds. The zero-order valence-electron chi connectivity index (χ0n) is 15.4. The molecule has 0 bridgehead atoms. The number of ether oxygens (including phenoxy) is 4. The van der Waals surface area contributed by atoms with Crippen molar-refractivity contribution in [3.63, 3.8) is 0 Å². The molecule has 2 rings (SSSR count). The van der Waals surface area contributed by atoms with E-state index < -0.39 is 12.5 Å². The molecule has 0 aromatic heterocycles. The third kappa shape index (κ3) is 6.75. The number of carbonyl (C=O) groups is 1. The van der Waals surface area contributed by atoms with Crippen LogP contribution in [0.3, 0.4) is 0 Å². The number of amides is 1. The number of rotatable bonds is 10. The maximum absolute atomic E-state index is 12.4. The summed E-state index contributed by atoms with van der Waals surface area (Å²) in [5.74, 6) is 0.801. The summed E-state index contributed by atoms with van der Waals surface area (Å²) < 4.78 is 44.8. The van der Waals surface area contributed by atoms with Crippen LogP contribution in [-0.4, -0.2) is 39.1 Å². The number of hydrogen-bond donors (Lipinski definition) is 1. The van der Waals surface area contributed by atoms with Crippen molar-refractivity contribution in [2.45, 2.75) is 13.5 Å². The van der Waals surface area contributed by atoms with Gasteiger partial charge in [-0.2, -0.15) is 13.9 Å². The number of halogens is 2. The van der Waals surface area contributed by atoms with Crippen molar-refractivity contribution >= 4 is 12.1 Å². The molecule has 0 aliphatic heterocycles. The van der Waals surface area contributed by atoms with Crippen LogP contribution in [0.4, 0.5) is 8.78 Å². The fraction of sp³-hybridized carbons (Fsp3) is 0.263. The number of hydrogen-bond acceptors (Lipinski definition) is 6. The second-order valence-corrected chi connectivity index (χ2v) is 5.28. The average Bonchev–Trinajstić information content (AvgIpc) is 2.68. The van der Waals surface area contributed by atoms with Crippen molar-refractivity contribution in [3.05, 3.63) is 48.0 Å². The summed E-state index contributed by atoms with van der Waals surface area (Å²) in [7, 11) is 1.55. The molecule has 0 radical (unpaired) electrons. The van der Waals surface area contributed by atoms with Crippen LogP contribution in [0.25, 0.3) is 0 Å². The molecule has 1 N–H and O–H groups in total. The normalized spacial score (nSPS) is 10.8. The van der Waals surface area contributed by atoms with Crippen LogP contribution in [0.5, 0.6) is 23.0 Å². The number of carbonyl (C=O) groups excluding carboxylic acids is 1. The van der Waals surface area contributed by atoms with Gasteiger partial charge >= 0.3 is 6.61 Å². The molecular weight excluding hydrogens is 374 g/mol. The van der Waals surface area contributed by atoms with Gasteiger partial charge in [0, 0.05) is 0 Å². The smallest absolute Gasteiger partial charge is 0.387 e. The Kier molecular flexibility index (Phi) is 8.01. The van der Waals surface area contributed by atoms with Gasteiger partial charge in [0.2, 0.25) is 0 Å². The SMILES string of the molecule is CCOc1cc(/C=N\NC(=O)COc2ccc(OC)cc2)ccc1OC(F)F. The molecule has 0 aliphatic rings. The Morgan fingerprint density at radius 2 is 1.82 bits per heavy atom. The molecule has 0 aliphatic carbocycles. The molecular formula is C19H20F2N2O5. The standard InChI is InChI=1S/C19H20F2N2O5/c1-3-26-17-10-13(4-9-16(17)28-19(20)21)11-22-23-18(24)12-27-15-7-5-14(25-2)6-8-15/h4-11,19H,3,12H2,1-2H3,(H,23,24)/b22-11-. The minimum absolute atomic E-state index is 0.0778. The first-order valence-electron chi connectivity index (χ1n) is 8.32. The Balaban J connectivity index is 1.88. The highest BCUT2D eigenvalue weighted by atomic mass is 19.3. The van der Waals surface area contributed by atoms with E-state index in [0.29, 0.717) is 17.1 Å². The van der Waals surface area contributed by atoms with E-state index >= 15 is 0 Å². The molecule has 0 unspecified atom stereocenters. The predicted molar refractivity (Wildman–Crippen MR) is 98.5 cm³/mol. The van der Waals surface area contributed by atoms with Gasteiger partial charge in [-0.3, -0.25) is 4.79 Å². The van der Waals surface area contributed by atoms with Gasteiger partial charge in [0.25, 0.3) is 5.91 Å². The molecule has 0 atom stereocenters. The van der Waals surface area contributed by atoms with E-state index in [0.717, 1.165) is 0 Å². The summed E-state index contributed by atoms with van der Waals surface area (Å²) in [6, 6.07) is 11.1. The Morgan fingerprint density at radius 1 is 1.11 bits per heavy atom. The maximum atomic E-state index is 12.4. The highest BCUT2D eigenvalue weighted by molar-refractivity contribution is 5.83. The molecule has 9 heteroatoms. The number of hydrazone groups is 1. The van der Waals surface area contributed by atoms with Gasteiger partial charge in [0.15, 0.2) is 18.1 Å². The van der Waals surface area contributed by atoms with E-state index in [2.05, 4.69) is 15.3 Å². The molecule has 2 aromatic rings. The fourth-order valence-corrected chi connectivity index (χ4v) is 2.10. The minimum Gasteiger partial charge on any atom is -0.497 e. The Bertz CT molecular complexity index is 797. The van der Waals surface area contributed by atoms with Crippen LogP contribution in [-0.2, 0) is 4.79 Å². The minimum atomic E-state index is -2.95. The van der Waals surface area contributed by atoms with Gasteiger partial charge in [-0.1, -0.05) is 0 Å². The van der Waals surface area contributed by atoms with E-state index in [4.69, 9.17) is 14.2 Å². The number of nitrogens with one attached hydrogen (secondary N) is 1. The molecule has 0 spiro atoms. The van der Waals surface area contributed by atoms with E-state index in [1.807, 2.05) is 0 Å². The molecule has 0 saturated carbocycles. The van der Waals surface area contributed by atoms with Crippen LogP contribution in [0.1, 0.15) is 12.5 Å². The number of methoxy groups -OCH3 is 1. The van der Waals surface area contributed by atoms with E-state index in [-0.39, 0.29) is 24.7 Å². The summed E-state index contributed by atoms with van der Waals surface area (Å²) in [5.41, 5.74) is 2.84. The van der Waals surface area contributed by atoms with E-state index in [1.165, 1.54) is 24.4 Å². The van der Waals surface area contributed by atoms with Crippen LogP contribution in [0.15, 0.2) is 47.6 Å². The van der Waals surface area contributed by atoms with E-state index in [9.17, 15) is 13.6 Å². The Labute approximate surface area is 160 Å². The number of alkyl halides is 2. The first-order valence-corrected chi connectivity index (χ1v) is 8.32. The lowest BCUT2D eigenvalue weighted by atomic mass is 10.2. The van der Waals surface area contributed by atoms with Crippen molar-refractivity contribution in [3.8, 4) is 23.0 Å². The molecule has 0 fully saturated rings. The first-order chi connectivity index (χ1) is 13.5. The molecule has 28 heavy (non-hydrogen) atoms. The lowest BCUT2D eigenvalue weighted by Gasteiger charge is -2.11. The predicted octanol–water partition coefficient (Wildman–Crippen LogP) is 3.22. The molecule has 150 valence electrons. The second-order valence-electron chi connectivity index (χ2n) is 5.28. The van der Waals surface area contributed by atoms with Crippen LogP contribution >= 0.6 is 0 Å². The highest BCUT2D eigenvalue weighted by Gasteiger charge is 2.11. The quantitative estimate of drug-likeness (QED) is 0.495. The van der Waals surface area contributed by atoms with Crippen molar-refractivity contribution < 1.29 is 32.5 Å². The van der Waals surface area contributed by atoms with E-state index in [1.54, 1.807) is 38.3 Å². The number of benzene rings is 2. The fourth-order valence-electron chi connectivity index (χ4n) is 2.10. The first kappa shape index (κ1) is 20.9. The number of nitrogens with zero attached hydrogens (tertiary/aromatic N) is 1. The van der Waals surface area contributed by atoms with Gasteiger partial charge in [-0.05, 0) is 55.0 Å². The second kappa shape index (κ2) is 10.7. The van der Waals surface area contributed by atoms with Crippen molar-refractivity contribution in [1.82, 2.24) is 5.43 Å². The largest absolute Gasteiger partial charge is 0.497 e. The summed E-state index contributed by atoms with van der Waals surface area (Å²) in [4.78, 5) is 11.8. The van der Waals surface area contributed by atoms with Crippen molar-refractivity contribution in [2.75, 3.05) is 20.3 Å². The van der Waals surface area contributed by atoms with Gasteiger partial charge in [0.1, 0.15) is 11.5 Å². The lowest BCUT2D eigenvalue weighted by Crippen LogP contribution is -2.24. The van der Waals surface area contributed by atoms with Gasteiger partial charge in [0.05, 0.1) is 19.9 Å². The maximum Gasteiger partial charge on any atom is 0.387 e. The van der Waals surface area contributed by atoms with Crippen LogP contribution in [0, 0.1) is 0 Å². The molecule has 0 heterocycles. The monoisotopic (exact) mass is 394 g/mol. The Morgan fingerprint density at radius 3 is 2.46 bits per heavy atom. The third-order valence-corrected chi connectivity index (χ3v) is 3.32. The van der Waals surface area contributed by atoms with Crippen LogP contribution in [0.2, 0.25) is 0 Å². The summed E-state index contributed by atoms with van der Waals surface area (Å²) in [6.45, 7) is -1.19. The highest BCUT2D eigenvalue weighted by Crippen LogP contribution is 2.29. The molecule has 2 aromatic carbocycles. The Hall–Kier alpha value is -3.36. The summed E-state index contributed by atoms with van der Waals surface area (Å²) in [6.07, 6.45) is 1.35.